The zero-order chi connectivity index (χ0) is 24.6. The lowest BCUT2D eigenvalue weighted by Gasteiger charge is -2.38. The molecule has 0 aromatic heterocycles. The minimum absolute atomic E-state index is 0.0775. The summed E-state index contributed by atoms with van der Waals surface area (Å²) in [6, 6.07) is 5.86. The number of carbonyl (C=O) groups is 1. The minimum Gasteiger partial charge on any atom is -0.507 e. The Hall–Kier alpha value is -1.57. The van der Waals surface area contributed by atoms with E-state index in [0.717, 1.165) is 42.4 Å². The van der Waals surface area contributed by atoms with Crippen LogP contribution < -0.4 is 0 Å². The Bertz CT molecular complexity index is 802. The van der Waals surface area contributed by atoms with Crippen molar-refractivity contribution in [2.24, 2.45) is 29.6 Å². The fourth-order valence-electron chi connectivity index (χ4n) is 7.57. The molecular formula is C33H50O2. The van der Waals surface area contributed by atoms with Crippen LogP contribution in [0, 0.1) is 29.6 Å². The molecule has 0 unspecified atom stereocenters. The molecule has 0 amide bonds. The first-order valence-corrected chi connectivity index (χ1v) is 15.1. The summed E-state index contributed by atoms with van der Waals surface area (Å²) in [5.74, 6) is 5.49. The molecule has 2 heteroatoms. The lowest BCUT2D eigenvalue weighted by Crippen LogP contribution is -2.25. The van der Waals surface area contributed by atoms with Gasteiger partial charge in [-0.25, -0.2) is 0 Å². The molecule has 35 heavy (non-hydrogen) atoms. The second-order valence-electron chi connectivity index (χ2n) is 12.3. The zero-order valence-corrected chi connectivity index (χ0v) is 22.4. The van der Waals surface area contributed by atoms with Gasteiger partial charge in [0.25, 0.3) is 0 Å². The fraction of sp³-hybridized carbons (Fsp3) is 0.727. The molecule has 1 aromatic carbocycles. The minimum atomic E-state index is 0.0775. The standard InChI is InChI=1S/C33H50O2/c1-3-5-6-32(34)31-22-21-30(23-33(31)35)29-19-13-26(14-20-29)8-7-25-11-17-28(18-12-25)27-15-9-24(4-2)10-16-27/h4,21-29,35H,2-3,5-20H2,1H3. The molecule has 1 N–H and O–H groups in total. The van der Waals surface area contributed by atoms with E-state index in [2.05, 4.69) is 25.6 Å². The summed E-state index contributed by atoms with van der Waals surface area (Å²) in [4.78, 5) is 12.3. The highest BCUT2D eigenvalue weighted by atomic mass is 16.3. The molecular weight excluding hydrogens is 428 g/mol. The van der Waals surface area contributed by atoms with Crippen molar-refractivity contribution >= 4 is 5.78 Å². The smallest absolute Gasteiger partial charge is 0.166 e. The third-order valence-corrected chi connectivity index (χ3v) is 10.1. The Balaban J connectivity index is 1.15. The lowest BCUT2D eigenvalue weighted by atomic mass is 9.68. The second kappa shape index (κ2) is 13.1. The summed E-state index contributed by atoms with van der Waals surface area (Å²) < 4.78 is 0. The van der Waals surface area contributed by atoms with Crippen molar-refractivity contribution in [2.45, 2.75) is 122 Å². The van der Waals surface area contributed by atoms with Gasteiger partial charge in [-0.1, -0.05) is 51.2 Å². The summed E-state index contributed by atoms with van der Waals surface area (Å²) >= 11 is 0. The molecule has 3 saturated carbocycles. The molecule has 3 aliphatic rings. The van der Waals surface area contributed by atoms with Gasteiger partial charge in [0.1, 0.15) is 5.75 Å². The largest absolute Gasteiger partial charge is 0.507 e. The van der Waals surface area contributed by atoms with Crippen LogP contribution >= 0.6 is 0 Å². The molecule has 0 heterocycles. The number of ketones is 1. The summed E-state index contributed by atoms with van der Waals surface area (Å²) in [7, 11) is 0. The van der Waals surface area contributed by atoms with E-state index in [1.165, 1.54) is 95.5 Å². The van der Waals surface area contributed by atoms with Gasteiger partial charge in [-0.3, -0.25) is 4.79 Å². The highest BCUT2D eigenvalue weighted by Crippen LogP contribution is 2.44. The molecule has 194 valence electrons. The number of rotatable bonds is 10. The summed E-state index contributed by atoms with van der Waals surface area (Å²) in [6.45, 7) is 6.10. The number of carbonyl (C=O) groups excluding carboxylic acids is 1. The van der Waals surface area contributed by atoms with Crippen LogP contribution in [0.25, 0.3) is 0 Å². The monoisotopic (exact) mass is 478 g/mol. The van der Waals surface area contributed by atoms with Gasteiger partial charge in [0, 0.05) is 6.42 Å². The first-order chi connectivity index (χ1) is 17.1. The summed E-state index contributed by atoms with van der Waals surface area (Å²) in [5, 5.41) is 10.5. The van der Waals surface area contributed by atoms with Gasteiger partial charge in [-0.2, -0.15) is 0 Å². The van der Waals surface area contributed by atoms with Crippen LogP contribution in [0.1, 0.15) is 138 Å². The topological polar surface area (TPSA) is 37.3 Å². The molecule has 3 aliphatic carbocycles. The van der Waals surface area contributed by atoms with Crippen molar-refractivity contribution in [1.29, 1.82) is 0 Å². The second-order valence-corrected chi connectivity index (χ2v) is 12.3. The molecule has 0 saturated heterocycles. The van der Waals surface area contributed by atoms with Gasteiger partial charge in [-0.15, -0.1) is 6.58 Å². The summed E-state index contributed by atoms with van der Waals surface area (Å²) in [5.41, 5.74) is 1.74. The van der Waals surface area contributed by atoms with Crippen LogP contribution in [-0.2, 0) is 0 Å². The average Bonchev–Trinajstić information content (AvgIpc) is 2.91. The van der Waals surface area contributed by atoms with E-state index in [0.29, 0.717) is 17.9 Å². The van der Waals surface area contributed by atoms with Crippen molar-refractivity contribution in [1.82, 2.24) is 0 Å². The van der Waals surface area contributed by atoms with E-state index >= 15 is 0 Å². The molecule has 0 aliphatic heterocycles. The molecule has 0 spiro atoms. The van der Waals surface area contributed by atoms with Crippen molar-refractivity contribution in [3.05, 3.63) is 42.0 Å². The maximum absolute atomic E-state index is 12.3. The normalized spacial score (nSPS) is 31.7. The maximum Gasteiger partial charge on any atom is 0.166 e. The van der Waals surface area contributed by atoms with Crippen LogP contribution in [0.3, 0.4) is 0 Å². The molecule has 1 aromatic rings. The van der Waals surface area contributed by atoms with Gasteiger partial charge in [0.2, 0.25) is 0 Å². The predicted molar refractivity (Wildman–Crippen MR) is 147 cm³/mol. The van der Waals surface area contributed by atoms with E-state index in [1.54, 1.807) is 0 Å². The fourth-order valence-corrected chi connectivity index (χ4v) is 7.57. The number of hydrogen-bond donors (Lipinski definition) is 1. The number of aromatic hydroxyl groups is 1. The van der Waals surface area contributed by atoms with Gasteiger partial charge >= 0.3 is 0 Å². The van der Waals surface area contributed by atoms with Gasteiger partial charge in [-0.05, 0) is 124 Å². The Morgan fingerprint density at radius 1 is 0.886 bits per heavy atom. The third-order valence-electron chi connectivity index (χ3n) is 10.1. The van der Waals surface area contributed by atoms with E-state index in [9.17, 15) is 9.90 Å². The van der Waals surface area contributed by atoms with Gasteiger partial charge in [0.15, 0.2) is 5.78 Å². The highest BCUT2D eigenvalue weighted by molar-refractivity contribution is 5.98. The Morgan fingerprint density at radius 3 is 2.00 bits per heavy atom. The maximum atomic E-state index is 12.3. The average molecular weight is 479 g/mol. The van der Waals surface area contributed by atoms with Crippen molar-refractivity contribution < 1.29 is 9.90 Å². The number of phenols is 1. The van der Waals surface area contributed by atoms with E-state index < -0.39 is 0 Å². The van der Waals surface area contributed by atoms with Crippen LogP contribution in [0.2, 0.25) is 0 Å². The van der Waals surface area contributed by atoms with Gasteiger partial charge < -0.3 is 5.11 Å². The predicted octanol–water partition coefficient (Wildman–Crippen LogP) is 9.62. The number of allylic oxidation sites excluding steroid dienone is 1. The van der Waals surface area contributed by atoms with Gasteiger partial charge in [0.05, 0.1) is 5.56 Å². The van der Waals surface area contributed by atoms with Crippen molar-refractivity contribution in [3.63, 3.8) is 0 Å². The molecule has 3 fully saturated rings. The zero-order valence-electron chi connectivity index (χ0n) is 22.4. The van der Waals surface area contributed by atoms with Crippen LogP contribution in [0.5, 0.6) is 5.75 Å². The third kappa shape index (κ3) is 7.23. The molecule has 0 bridgehead atoms. The van der Waals surface area contributed by atoms with Crippen LogP contribution in [0.15, 0.2) is 30.9 Å². The molecule has 4 rings (SSSR count). The van der Waals surface area contributed by atoms with Crippen molar-refractivity contribution in [3.8, 4) is 5.75 Å². The molecule has 0 radical (unpaired) electrons. The number of hydrogen-bond acceptors (Lipinski definition) is 2. The first kappa shape index (κ1) is 26.5. The van der Waals surface area contributed by atoms with Crippen LogP contribution in [-0.4, -0.2) is 10.9 Å². The van der Waals surface area contributed by atoms with E-state index in [1.807, 2.05) is 12.1 Å². The number of Topliss-reactive ketones (excluding diaryl/α,β-unsaturated/α-hetero) is 1. The molecule has 2 nitrogen and oxygen atoms in total. The Labute approximate surface area is 215 Å². The van der Waals surface area contributed by atoms with E-state index in [-0.39, 0.29) is 11.5 Å². The highest BCUT2D eigenvalue weighted by Gasteiger charge is 2.31. The number of phenolic OH excluding ortho intramolecular Hbond substituents is 1. The Morgan fingerprint density at radius 2 is 1.46 bits per heavy atom. The lowest BCUT2D eigenvalue weighted by molar-refractivity contribution is 0.0977. The quantitative estimate of drug-likeness (QED) is 0.268. The van der Waals surface area contributed by atoms with E-state index in [4.69, 9.17) is 0 Å². The SMILES string of the molecule is C=CC1CCC(C2CCC(CCC3CCC(c4ccc(C(=O)CCCC)c(O)c4)CC3)CC2)CC1. The Kier molecular flexibility index (Phi) is 9.92. The number of unbranched alkanes of at least 4 members (excludes halogenated alkanes) is 1. The van der Waals surface area contributed by atoms with Crippen LogP contribution in [0.4, 0.5) is 0 Å². The first-order valence-electron chi connectivity index (χ1n) is 15.1. The number of benzene rings is 1. The summed E-state index contributed by atoms with van der Waals surface area (Å²) in [6.07, 6.45) is 24.2. The molecule has 0 atom stereocenters. The van der Waals surface area contributed by atoms with Crippen molar-refractivity contribution in [2.75, 3.05) is 0 Å².